The van der Waals surface area contributed by atoms with E-state index < -0.39 is 0 Å². The minimum absolute atomic E-state index is 0.666. The molecule has 2 aromatic rings. The number of hydrogen-bond donors (Lipinski definition) is 2. The third kappa shape index (κ3) is 4.34. The summed E-state index contributed by atoms with van der Waals surface area (Å²) < 4.78 is 5.16. The zero-order chi connectivity index (χ0) is 15.1. The lowest BCUT2D eigenvalue weighted by Crippen LogP contribution is -2.08. The molecule has 0 radical (unpaired) electrons. The fraction of sp³-hybridized carbons (Fsp3) is 0.375. The van der Waals surface area contributed by atoms with Crippen molar-refractivity contribution in [2.45, 2.75) is 26.8 Å². The van der Waals surface area contributed by atoms with E-state index in [1.807, 2.05) is 37.4 Å². The molecule has 21 heavy (non-hydrogen) atoms. The van der Waals surface area contributed by atoms with Crippen molar-refractivity contribution in [3.05, 3.63) is 41.6 Å². The van der Waals surface area contributed by atoms with E-state index in [9.17, 15) is 0 Å². The van der Waals surface area contributed by atoms with Gasteiger partial charge < -0.3 is 15.4 Å². The van der Waals surface area contributed by atoms with Crippen molar-refractivity contribution in [1.82, 2.24) is 9.97 Å². The Morgan fingerprint density at radius 3 is 2.57 bits per heavy atom. The molecule has 0 aliphatic heterocycles. The molecule has 0 atom stereocenters. The summed E-state index contributed by atoms with van der Waals surface area (Å²) in [6.45, 7) is 5.71. The Bertz CT molecular complexity index is 569. The van der Waals surface area contributed by atoms with Crippen LogP contribution in [0.3, 0.4) is 0 Å². The minimum Gasteiger partial charge on any atom is -0.497 e. The summed E-state index contributed by atoms with van der Waals surface area (Å²) in [5.74, 6) is 2.39. The van der Waals surface area contributed by atoms with Crippen LogP contribution in [-0.2, 0) is 6.54 Å². The van der Waals surface area contributed by atoms with E-state index in [1.54, 1.807) is 7.11 Å². The Labute approximate surface area is 125 Å². The summed E-state index contributed by atoms with van der Waals surface area (Å²) in [4.78, 5) is 8.78. The SMILES string of the molecule is CCCNc1ncc(C)c(NCc2ccc(OC)cc2)n1. The predicted octanol–water partition coefficient (Wildman–Crippen LogP) is 3.23. The van der Waals surface area contributed by atoms with Crippen LogP contribution in [0, 0.1) is 6.92 Å². The number of aryl methyl sites for hydroxylation is 1. The first-order valence-corrected chi connectivity index (χ1v) is 7.17. The summed E-state index contributed by atoms with van der Waals surface area (Å²) in [5, 5.41) is 6.55. The molecule has 0 saturated heterocycles. The van der Waals surface area contributed by atoms with Crippen LogP contribution in [0.25, 0.3) is 0 Å². The molecule has 112 valence electrons. The number of nitrogens with zero attached hydrogens (tertiary/aromatic N) is 2. The molecular formula is C16H22N4O. The Morgan fingerprint density at radius 2 is 1.90 bits per heavy atom. The zero-order valence-corrected chi connectivity index (χ0v) is 12.8. The lowest BCUT2D eigenvalue weighted by atomic mass is 10.2. The number of hydrogen-bond acceptors (Lipinski definition) is 5. The number of methoxy groups -OCH3 is 1. The van der Waals surface area contributed by atoms with Gasteiger partial charge in [0.2, 0.25) is 5.95 Å². The van der Waals surface area contributed by atoms with E-state index in [2.05, 4.69) is 27.5 Å². The normalized spacial score (nSPS) is 10.2. The molecule has 0 saturated carbocycles. The van der Waals surface area contributed by atoms with E-state index in [0.29, 0.717) is 5.95 Å². The van der Waals surface area contributed by atoms with Crippen LogP contribution in [0.15, 0.2) is 30.5 Å². The second-order valence-corrected chi connectivity index (χ2v) is 4.85. The van der Waals surface area contributed by atoms with Crippen LogP contribution in [0.1, 0.15) is 24.5 Å². The molecule has 5 nitrogen and oxygen atoms in total. The van der Waals surface area contributed by atoms with Crippen LogP contribution < -0.4 is 15.4 Å². The van der Waals surface area contributed by atoms with Crippen LogP contribution in [0.2, 0.25) is 0 Å². The highest BCUT2D eigenvalue weighted by atomic mass is 16.5. The molecule has 0 fully saturated rings. The van der Waals surface area contributed by atoms with Gasteiger partial charge in [-0.2, -0.15) is 4.98 Å². The van der Waals surface area contributed by atoms with Gasteiger partial charge in [-0.1, -0.05) is 19.1 Å². The third-order valence-corrected chi connectivity index (χ3v) is 3.12. The number of rotatable bonds is 7. The third-order valence-electron chi connectivity index (χ3n) is 3.12. The van der Waals surface area contributed by atoms with Crippen LogP contribution in [0.4, 0.5) is 11.8 Å². The molecular weight excluding hydrogens is 264 g/mol. The molecule has 0 amide bonds. The van der Waals surface area contributed by atoms with Gasteiger partial charge in [-0.05, 0) is 31.0 Å². The van der Waals surface area contributed by atoms with Gasteiger partial charge >= 0.3 is 0 Å². The highest BCUT2D eigenvalue weighted by Crippen LogP contribution is 2.16. The average molecular weight is 286 g/mol. The van der Waals surface area contributed by atoms with E-state index in [4.69, 9.17) is 4.74 Å². The molecule has 5 heteroatoms. The molecule has 1 aromatic carbocycles. The predicted molar refractivity (Wildman–Crippen MR) is 85.9 cm³/mol. The highest BCUT2D eigenvalue weighted by molar-refractivity contribution is 5.47. The summed E-state index contributed by atoms with van der Waals surface area (Å²) in [6.07, 6.45) is 2.88. The van der Waals surface area contributed by atoms with Gasteiger partial charge in [0.1, 0.15) is 11.6 Å². The van der Waals surface area contributed by atoms with Crippen LogP contribution >= 0.6 is 0 Å². The van der Waals surface area contributed by atoms with Gasteiger partial charge in [-0.3, -0.25) is 0 Å². The van der Waals surface area contributed by atoms with Crippen LogP contribution in [-0.4, -0.2) is 23.6 Å². The molecule has 2 rings (SSSR count). The maximum Gasteiger partial charge on any atom is 0.224 e. The van der Waals surface area contributed by atoms with Gasteiger partial charge in [0.25, 0.3) is 0 Å². The fourth-order valence-electron chi connectivity index (χ4n) is 1.87. The van der Waals surface area contributed by atoms with Crippen molar-refractivity contribution in [2.75, 3.05) is 24.3 Å². The topological polar surface area (TPSA) is 59.1 Å². The minimum atomic E-state index is 0.666. The summed E-state index contributed by atoms with van der Waals surface area (Å²) in [6, 6.07) is 7.99. The summed E-state index contributed by atoms with van der Waals surface area (Å²) >= 11 is 0. The van der Waals surface area contributed by atoms with E-state index >= 15 is 0 Å². The Balaban J connectivity index is 2.00. The van der Waals surface area contributed by atoms with Crippen LogP contribution in [0.5, 0.6) is 5.75 Å². The number of anilines is 2. The van der Waals surface area contributed by atoms with Gasteiger partial charge in [-0.25, -0.2) is 4.98 Å². The summed E-state index contributed by atoms with van der Waals surface area (Å²) in [7, 11) is 1.67. The molecule has 0 spiro atoms. The lowest BCUT2D eigenvalue weighted by molar-refractivity contribution is 0.414. The Hall–Kier alpha value is -2.30. The summed E-state index contributed by atoms with van der Waals surface area (Å²) in [5.41, 5.74) is 2.21. The van der Waals surface area contributed by atoms with E-state index in [-0.39, 0.29) is 0 Å². The average Bonchev–Trinajstić information content (AvgIpc) is 2.53. The molecule has 0 bridgehead atoms. The molecule has 0 aliphatic rings. The number of nitrogens with one attached hydrogen (secondary N) is 2. The first-order chi connectivity index (χ1) is 10.2. The van der Waals surface area contributed by atoms with Gasteiger partial charge in [0, 0.05) is 24.8 Å². The first-order valence-electron chi connectivity index (χ1n) is 7.17. The largest absolute Gasteiger partial charge is 0.497 e. The number of aromatic nitrogens is 2. The van der Waals surface area contributed by atoms with Gasteiger partial charge in [0.15, 0.2) is 0 Å². The zero-order valence-electron chi connectivity index (χ0n) is 12.8. The maximum absolute atomic E-state index is 5.16. The second-order valence-electron chi connectivity index (χ2n) is 4.85. The van der Waals surface area contributed by atoms with Gasteiger partial charge in [0.05, 0.1) is 7.11 Å². The Kier molecular flexibility index (Phi) is 5.37. The molecule has 1 aromatic heterocycles. The molecule has 0 unspecified atom stereocenters. The number of benzene rings is 1. The van der Waals surface area contributed by atoms with Crippen molar-refractivity contribution >= 4 is 11.8 Å². The monoisotopic (exact) mass is 286 g/mol. The fourth-order valence-corrected chi connectivity index (χ4v) is 1.87. The molecule has 1 heterocycles. The lowest BCUT2D eigenvalue weighted by Gasteiger charge is -2.11. The quantitative estimate of drug-likeness (QED) is 0.818. The molecule has 2 N–H and O–H groups in total. The first kappa shape index (κ1) is 15.1. The van der Waals surface area contributed by atoms with Crippen molar-refractivity contribution in [3.8, 4) is 5.75 Å². The Morgan fingerprint density at radius 1 is 1.14 bits per heavy atom. The van der Waals surface area contributed by atoms with Crippen molar-refractivity contribution < 1.29 is 4.74 Å². The van der Waals surface area contributed by atoms with E-state index in [1.165, 1.54) is 5.56 Å². The van der Waals surface area contributed by atoms with E-state index in [0.717, 1.165) is 36.6 Å². The second kappa shape index (κ2) is 7.47. The van der Waals surface area contributed by atoms with Crippen molar-refractivity contribution in [3.63, 3.8) is 0 Å². The highest BCUT2D eigenvalue weighted by Gasteiger charge is 2.03. The van der Waals surface area contributed by atoms with Crippen molar-refractivity contribution in [2.24, 2.45) is 0 Å². The van der Waals surface area contributed by atoms with Crippen molar-refractivity contribution in [1.29, 1.82) is 0 Å². The van der Waals surface area contributed by atoms with Gasteiger partial charge in [-0.15, -0.1) is 0 Å². The maximum atomic E-state index is 5.16. The standard InChI is InChI=1S/C16H22N4O/c1-4-9-17-16-19-10-12(2)15(20-16)18-11-13-5-7-14(21-3)8-6-13/h5-8,10H,4,9,11H2,1-3H3,(H2,17,18,19,20). The molecule has 0 aliphatic carbocycles. The smallest absolute Gasteiger partial charge is 0.224 e. The number of ether oxygens (including phenoxy) is 1.